The van der Waals surface area contributed by atoms with Crippen molar-refractivity contribution in [3.8, 4) is 0 Å². The van der Waals surface area contributed by atoms with Gasteiger partial charge in [0.25, 0.3) is 0 Å². The summed E-state index contributed by atoms with van der Waals surface area (Å²) < 4.78 is 0. The maximum absolute atomic E-state index is 11.0. The van der Waals surface area contributed by atoms with Crippen LogP contribution in [0.1, 0.15) is 19.3 Å². The van der Waals surface area contributed by atoms with Gasteiger partial charge in [-0.3, -0.25) is 4.90 Å². The molecule has 2 fully saturated rings. The van der Waals surface area contributed by atoms with Gasteiger partial charge in [-0.15, -0.1) is 0 Å². The number of carboxylic acids is 1. The second-order valence-corrected chi connectivity index (χ2v) is 4.07. The molecule has 1 amide bonds. The minimum Gasteiger partial charge on any atom is -0.480 e. The van der Waals surface area contributed by atoms with E-state index in [9.17, 15) is 9.59 Å². The van der Waals surface area contributed by atoms with Crippen LogP contribution in [0.2, 0.25) is 0 Å². The molecule has 0 aromatic heterocycles. The van der Waals surface area contributed by atoms with Crippen LogP contribution in [0.5, 0.6) is 0 Å². The van der Waals surface area contributed by atoms with Crippen molar-refractivity contribution in [1.82, 2.24) is 4.90 Å². The van der Waals surface area contributed by atoms with Crippen molar-refractivity contribution in [2.45, 2.75) is 25.3 Å². The molecule has 1 saturated carbocycles. The zero-order valence-electron chi connectivity index (χ0n) is 7.72. The SMILES string of the molecule is O=C(O)[C@@H]1C2CCCC2CN1C(=O)O. The Hall–Kier alpha value is -1.26. The van der Waals surface area contributed by atoms with Gasteiger partial charge in [0.15, 0.2) is 0 Å². The van der Waals surface area contributed by atoms with Crippen LogP contribution in [0.3, 0.4) is 0 Å². The highest BCUT2D eigenvalue weighted by molar-refractivity contribution is 5.80. The summed E-state index contributed by atoms with van der Waals surface area (Å²) in [5.41, 5.74) is 0. The Morgan fingerprint density at radius 1 is 1.21 bits per heavy atom. The Bertz CT molecular complexity index is 278. The summed E-state index contributed by atoms with van der Waals surface area (Å²) in [4.78, 5) is 22.8. The second kappa shape index (κ2) is 3.15. The van der Waals surface area contributed by atoms with E-state index in [0.717, 1.165) is 24.2 Å². The summed E-state index contributed by atoms with van der Waals surface area (Å²) in [5, 5.41) is 17.8. The predicted molar refractivity (Wildman–Crippen MR) is 47.0 cm³/mol. The van der Waals surface area contributed by atoms with Gasteiger partial charge in [0.1, 0.15) is 6.04 Å². The van der Waals surface area contributed by atoms with E-state index in [-0.39, 0.29) is 11.8 Å². The Labute approximate surface area is 81.3 Å². The Kier molecular flexibility index (Phi) is 2.09. The first-order chi connectivity index (χ1) is 6.61. The topological polar surface area (TPSA) is 77.8 Å². The smallest absolute Gasteiger partial charge is 0.408 e. The van der Waals surface area contributed by atoms with Gasteiger partial charge in [-0.25, -0.2) is 9.59 Å². The molecular formula is C9H13NO4. The minimum atomic E-state index is -1.10. The molecule has 1 aliphatic carbocycles. The highest BCUT2D eigenvalue weighted by Gasteiger charge is 2.49. The Morgan fingerprint density at radius 3 is 2.50 bits per heavy atom. The van der Waals surface area contributed by atoms with E-state index < -0.39 is 18.1 Å². The molecule has 0 spiro atoms. The van der Waals surface area contributed by atoms with Gasteiger partial charge in [0, 0.05) is 6.54 Å². The van der Waals surface area contributed by atoms with Gasteiger partial charge in [-0.1, -0.05) is 6.42 Å². The Morgan fingerprint density at radius 2 is 1.93 bits per heavy atom. The third-order valence-corrected chi connectivity index (χ3v) is 3.39. The van der Waals surface area contributed by atoms with Gasteiger partial charge >= 0.3 is 12.1 Å². The van der Waals surface area contributed by atoms with Gasteiger partial charge in [0.2, 0.25) is 0 Å². The number of fused-ring (bicyclic) bond motifs is 1. The summed E-state index contributed by atoms with van der Waals surface area (Å²) >= 11 is 0. The number of carbonyl (C=O) groups is 2. The summed E-state index contributed by atoms with van der Waals surface area (Å²) in [6.07, 6.45) is 1.75. The number of nitrogens with zero attached hydrogens (tertiary/aromatic N) is 1. The third-order valence-electron chi connectivity index (χ3n) is 3.39. The maximum atomic E-state index is 11.0. The van der Waals surface area contributed by atoms with Crippen molar-refractivity contribution in [3.05, 3.63) is 0 Å². The fourth-order valence-corrected chi connectivity index (χ4v) is 2.82. The van der Waals surface area contributed by atoms with Crippen LogP contribution in [0.15, 0.2) is 0 Å². The van der Waals surface area contributed by atoms with Crippen LogP contribution < -0.4 is 0 Å². The largest absolute Gasteiger partial charge is 0.480 e. The number of aliphatic carboxylic acids is 1. The highest BCUT2D eigenvalue weighted by atomic mass is 16.4. The minimum absolute atomic E-state index is 0.0450. The van der Waals surface area contributed by atoms with E-state index in [2.05, 4.69) is 0 Å². The lowest BCUT2D eigenvalue weighted by molar-refractivity contribution is -0.142. The van der Waals surface area contributed by atoms with Crippen molar-refractivity contribution in [2.24, 2.45) is 11.8 Å². The standard InChI is InChI=1S/C9H13NO4/c11-8(12)7-6-3-1-2-5(6)4-10(7)9(13)14/h5-7H,1-4H2,(H,11,12)(H,13,14)/t5?,6?,7-/m0/s1. The first kappa shape index (κ1) is 9.30. The van der Waals surface area contributed by atoms with E-state index in [4.69, 9.17) is 10.2 Å². The lowest BCUT2D eigenvalue weighted by atomic mass is 9.94. The molecule has 2 unspecified atom stereocenters. The van der Waals surface area contributed by atoms with Crippen molar-refractivity contribution in [3.63, 3.8) is 0 Å². The molecule has 14 heavy (non-hydrogen) atoms. The van der Waals surface area contributed by atoms with E-state index in [1.807, 2.05) is 0 Å². The van der Waals surface area contributed by atoms with Crippen molar-refractivity contribution < 1.29 is 19.8 Å². The van der Waals surface area contributed by atoms with Crippen LogP contribution in [-0.2, 0) is 4.79 Å². The molecular weight excluding hydrogens is 186 g/mol. The van der Waals surface area contributed by atoms with Crippen molar-refractivity contribution in [1.29, 1.82) is 0 Å². The molecule has 1 aliphatic heterocycles. The van der Waals surface area contributed by atoms with Crippen LogP contribution in [0, 0.1) is 11.8 Å². The van der Waals surface area contributed by atoms with Crippen molar-refractivity contribution in [2.75, 3.05) is 6.54 Å². The van der Waals surface area contributed by atoms with Crippen molar-refractivity contribution >= 4 is 12.1 Å². The molecule has 5 heteroatoms. The van der Waals surface area contributed by atoms with Gasteiger partial charge in [-0.05, 0) is 24.7 Å². The average molecular weight is 199 g/mol. The summed E-state index contributed by atoms with van der Waals surface area (Å²) in [6, 6.07) is -0.806. The normalized spacial score (nSPS) is 35.7. The van der Waals surface area contributed by atoms with E-state index >= 15 is 0 Å². The predicted octanol–water partition coefficient (Wildman–Crippen LogP) is 0.850. The van der Waals surface area contributed by atoms with Crippen LogP contribution >= 0.6 is 0 Å². The number of carboxylic acid groups (broad SMARTS) is 2. The molecule has 2 N–H and O–H groups in total. The summed E-state index contributed by atoms with van der Waals surface area (Å²) in [6.45, 7) is 0.400. The fourth-order valence-electron chi connectivity index (χ4n) is 2.82. The molecule has 2 rings (SSSR count). The molecule has 5 nitrogen and oxygen atoms in total. The quantitative estimate of drug-likeness (QED) is 0.656. The fraction of sp³-hybridized carbons (Fsp3) is 0.778. The third kappa shape index (κ3) is 1.23. The molecule has 0 bridgehead atoms. The Balaban J connectivity index is 2.21. The number of amides is 1. The highest BCUT2D eigenvalue weighted by Crippen LogP contribution is 2.42. The summed E-state index contributed by atoms with van der Waals surface area (Å²) in [7, 11) is 0. The monoisotopic (exact) mass is 199 g/mol. The number of likely N-dealkylation sites (tertiary alicyclic amines) is 1. The average Bonchev–Trinajstić information content (AvgIpc) is 2.58. The van der Waals surface area contributed by atoms with Crippen LogP contribution in [-0.4, -0.2) is 39.8 Å². The number of hydrogen-bond donors (Lipinski definition) is 2. The van der Waals surface area contributed by atoms with E-state index in [0.29, 0.717) is 6.54 Å². The lowest BCUT2D eigenvalue weighted by Gasteiger charge is -2.20. The van der Waals surface area contributed by atoms with Crippen LogP contribution in [0.25, 0.3) is 0 Å². The maximum Gasteiger partial charge on any atom is 0.408 e. The molecule has 0 aromatic carbocycles. The van der Waals surface area contributed by atoms with Gasteiger partial charge in [0.05, 0.1) is 0 Å². The van der Waals surface area contributed by atoms with E-state index in [1.54, 1.807) is 0 Å². The zero-order valence-corrected chi connectivity index (χ0v) is 7.72. The molecule has 1 saturated heterocycles. The first-order valence-corrected chi connectivity index (χ1v) is 4.83. The number of rotatable bonds is 1. The number of hydrogen-bond acceptors (Lipinski definition) is 2. The summed E-state index contributed by atoms with van der Waals surface area (Å²) in [5.74, 6) is -0.683. The molecule has 2 aliphatic rings. The molecule has 78 valence electrons. The lowest BCUT2D eigenvalue weighted by Crippen LogP contribution is -2.42. The van der Waals surface area contributed by atoms with E-state index in [1.165, 1.54) is 0 Å². The molecule has 0 aromatic rings. The van der Waals surface area contributed by atoms with Crippen LogP contribution in [0.4, 0.5) is 4.79 Å². The first-order valence-electron chi connectivity index (χ1n) is 4.83. The zero-order chi connectivity index (χ0) is 10.3. The molecule has 1 heterocycles. The molecule has 0 radical (unpaired) electrons. The molecule has 3 atom stereocenters. The van der Waals surface area contributed by atoms with Gasteiger partial charge in [-0.2, -0.15) is 0 Å². The van der Waals surface area contributed by atoms with Gasteiger partial charge < -0.3 is 10.2 Å². The second-order valence-electron chi connectivity index (χ2n) is 4.07.